The smallest absolute Gasteiger partial charge is 0.419 e. The fourth-order valence-corrected chi connectivity index (χ4v) is 2.43. The molecule has 3 aromatic rings. The number of amides is 1. The molecule has 0 radical (unpaired) electrons. The largest absolute Gasteiger partial charge is 0.497 e. The highest BCUT2D eigenvalue weighted by Crippen LogP contribution is 2.29. The number of aromatic nitrogens is 1. The summed E-state index contributed by atoms with van der Waals surface area (Å²) in [6.45, 7) is 0. The minimum absolute atomic E-state index is 0.334. The van der Waals surface area contributed by atoms with Crippen LogP contribution in [0.3, 0.4) is 0 Å². The van der Waals surface area contributed by atoms with E-state index in [0.717, 1.165) is 11.8 Å². The second-order valence-electron chi connectivity index (χ2n) is 5.17. The van der Waals surface area contributed by atoms with E-state index in [0.29, 0.717) is 28.1 Å². The predicted octanol–water partition coefficient (Wildman–Crippen LogP) is 3.62. The van der Waals surface area contributed by atoms with Gasteiger partial charge in [-0.15, -0.1) is 0 Å². The van der Waals surface area contributed by atoms with Crippen LogP contribution in [0.1, 0.15) is 10.4 Å². The molecule has 0 fully saturated rings. The number of hydrogen-bond acceptors (Lipinski definition) is 4. The van der Waals surface area contributed by atoms with Gasteiger partial charge in [0.15, 0.2) is 6.29 Å². The van der Waals surface area contributed by atoms with E-state index in [1.165, 1.54) is 4.90 Å². The van der Waals surface area contributed by atoms with Gasteiger partial charge in [-0.1, -0.05) is 6.07 Å². The number of methoxy groups -OCH3 is 1. The normalized spacial score (nSPS) is 10.4. The van der Waals surface area contributed by atoms with Crippen molar-refractivity contribution in [2.75, 3.05) is 19.1 Å². The Kier molecular flexibility index (Phi) is 4.20. The molecule has 1 aromatic heterocycles. The SMILES string of the molecule is COc1ccc(N(C)C(=O)Oc2cccc3[nH]cc(C=O)c23)cc1. The first-order valence-corrected chi connectivity index (χ1v) is 7.29. The molecule has 0 saturated carbocycles. The number of aromatic amines is 1. The second-order valence-corrected chi connectivity index (χ2v) is 5.17. The zero-order chi connectivity index (χ0) is 17.1. The Morgan fingerprint density at radius 2 is 1.92 bits per heavy atom. The number of fused-ring (bicyclic) bond motifs is 1. The quantitative estimate of drug-likeness (QED) is 0.744. The number of carbonyl (C=O) groups excluding carboxylic acids is 2. The minimum atomic E-state index is -0.550. The summed E-state index contributed by atoms with van der Waals surface area (Å²) >= 11 is 0. The average Bonchev–Trinajstić information content (AvgIpc) is 3.05. The summed E-state index contributed by atoms with van der Waals surface area (Å²) in [6, 6.07) is 12.3. The maximum absolute atomic E-state index is 12.4. The van der Waals surface area contributed by atoms with Gasteiger partial charge in [0.05, 0.1) is 12.5 Å². The molecule has 2 aromatic carbocycles. The van der Waals surface area contributed by atoms with Crippen LogP contribution in [0.4, 0.5) is 10.5 Å². The molecule has 6 heteroatoms. The Hall–Kier alpha value is -3.28. The minimum Gasteiger partial charge on any atom is -0.497 e. The monoisotopic (exact) mass is 324 g/mol. The van der Waals surface area contributed by atoms with Gasteiger partial charge in [-0.3, -0.25) is 9.69 Å². The number of rotatable bonds is 4. The van der Waals surface area contributed by atoms with Crippen LogP contribution in [0.2, 0.25) is 0 Å². The van der Waals surface area contributed by atoms with Gasteiger partial charge in [0.1, 0.15) is 11.5 Å². The summed E-state index contributed by atoms with van der Waals surface area (Å²) in [5, 5.41) is 0.587. The number of benzene rings is 2. The van der Waals surface area contributed by atoms with Gasteiger partial charge in [0.25, 0.3) is 0 Å². The highest BCUT2D eigenvalue weighted by molar-refractivity contribution is 6.02. The maximum atomic E-state index is 12.4. The van der Waals surface area contributed by atoms with E-state index in [1.807, 2.05) is 6.07 Å². The van der Waals surface area contributed by atoms with E-state index in [-0.39, 0.29) is 0 Å². The molecule has 0 saturated heterocycles. The van der Waals surface area contributed by atoms with Crippen molar-refractivity contribution in [1.29, 1.82) is 0 Å². The first kappa shape index (κ1) is 15.6. The summed E-state index contributed by atoms with van der Waals surface area (Å²) in [5.74, 6) is 1.04. The van der Waals surface area contributed by atoms with E-state index in [9.17, 15) is 9.59 Å². The van der Waals surface area contributed by atoms with E-state index in [4.69, 9.17) is 9.47 Å². The van der Waals surface area contributed by atoms with E-state index < -0.39 is 6.09 Å². The zero-order valence-electron chi connectivity index (χ0n) is 13.3. The number of nitrogens with zero attached hydrogens (tertiary/aromatic N) is 1. The molecule has 0 aliphatic carbocycles. The van der Waals surface area contributed by atoms with Crippen LogP contribution in [0, 0.1) is 0 Å². The molecule has 1 heterocycles. The number of H-pyrrole nitrogens is 1. The van der Waals surface area contributed by atoms with Crippen LogP contribution in [0.15, 0.2) is 48.7 Å². The summed E-state index contributed by atoms with van der Waals surface area (Å²) < 4.78 is 10.6. The third-order valence-electron chi connectivity index (χ3n) is 3.76. The van der Waals surface area contributed by atoms with Crippen LogP contribution in [0.5, 0.6) is 11.5 Å². The van der Waals surface area contributed by atoms with Crippen molar-refractivity contribution < 1.29 is 19.1 Å². The van der Waals surface area contributed by atoms with E-state index in [1.54, 1.807) is 56.8 Å². The van der Waals surface area contributed by atoms with Crippen LogP contribution >= 0.6 is 0 Å². The predicted molar refractivity (Wildman–Crippen MR) is 91.1 cm³/mol. The Morgan fingerprint density at radius 1 is 1.17 bits per heavy atom. The van der Waals surface area contributed by atoms with E-state index in [2.05, 4.69) is 4.98 Å². The molecule has 6 nitrogen and oxygen atoms in total. The lowest BCUT2D eigenvalue weighted by Crippen LogP contribution is -2.29. The summed E-state index contributed by atoms with van der Waals surface area (Å²) in [6.07, 6.45) is 1.76. The maximum Gasteiger partial charge on any atom is 0.419 e. The van der Waals surface area contributed by atoms with Crippen molar-refractivity contribution in [3.63, 3.8) is 0 Å². The number of ether oxygens (including phenoxy) is 2. The molecule has 0 atom stereocenters. The molecule has 0 unspecified atom stereocenters. The number of nitrogens with one attached hydrogen (secondary N) is 1. The van der Waals surface area contributed by atoms with Crippen LogP contribution in [-0.2, 0) is 0 Å². The molecule has 0 bridgehead atoms. The number of carbonyl (C=O) groups is 2. The van der Waals surface area contributed by atoms with Gasteiger partial charge in [-0.05, 0) is 36.4 Å². The van der Waals surface area contributed by atoms with Crippen LogP contribution < -0.4 is 14.4 Å². The number of aldehydes is 1. The average molecular weight is 324 g/mol. The molecule has 3 rings (SSSR count). The first-order chi connectivity index (χ1) is 11.6. The molecule has 0 spiro atoms. The summed E-state index contributed by atoms with van der Waals surface area (Å²) in [4.78, 5) is 27.9. The highest BCUT2D eigenvalue weighted by Gasteiger charge is 2.17. The Bertz CT molecular complexity index is 884. The van der Waals surface area contributed by atoms with Gasteiger partial charge < -0.3 is 14.5 Å². The first-order valence-electron chi connectivity index (χ1n) is 7.29. The second kappa shape index (κ2) is 6.45. The van der Waals surface area contributed by atoms with Gasteiger partial charge in [-0.2, -0.15) is 0 Å². The lowest BCUT2D eigenvalue weighted by molar-refractivity contribution is 0.112. The molecule has 1 amide bonds. The summed E-state index contributed by atoms with van der Waals surface area (Å²) in [5.41, 5.74) is 1.84. The summed E-state index contributed by atoms with van der Waals surface area (Å²) in [7, 11) is 3.19. The molecule has 1 N–H and O–H groups in total. The highest BCUT2D eigenvalue weighted by atomic mass is 16.6. The van der Waals surface area contributed by atoms with Gasteiger partial charge in [0.2, 0.25) is 0 Å². The van der Waals surface area contributed by atoms with Crippen molar-refractivity contribution in [3.8, 4) is 11.5 Å². The van der Waals surface area contributed by atoms with Crippen molar-refractivity contribution in [1.82, 2.24) is 4.98 Å². The fraction of sp³-hybridized carbons (Fsp3) is 0.111. The third-order valence-corrected chi connectivity index (χ3v) is 3.76. The molecule has 0 aliphatic rings. The fourth-order valence-electron chi connectivity index (χ4n) is 2.43. The van der Waals surface area contributed by atoms with Crippen molar-refractivity contribution >= 4 is 29.0 Å². The van der Waals surface area contributed by atoms with Gasteiger partial charge in [0, 0.05) is 30.0 Å². The number of hydrogen-bond donors (Lipinski definition) is 1. The van der Waals surface area contributed by atoms with Crippen molar-refractivity contribution in [2.24, 2.45) is 0 Å². The molecule has 122 valence electrons. The molecular formula is C18H16N2O4. The Labute approximate surface area is 138 Å². The molecule has 0 aliphatic heterocycles. The standard InChI is InChI=1S/C18H16N2O4/c1-20(13-6-8-14(23-2)9-7-13)18(22)24-16-5-3-4-15-17(16)12(11-21)10-19-15/h3-11,19H,1-2H3. The van der Waals surface area contributed by atoms with Crippen LogP contribution in [0.25, 0.3) is 10.9 Å². The topological polar surface area (TPSA) is 71.6 Å². The Morgan fingerprint density at radius 3 is 2.58 bits per heavy atom. The lowest BCUT2D eigenvalue weighted by Gasteiger charge is -2.17. The Balaban J connectivity index is 1.86. The van der Waals surface area contributed by atoms with Crippen molar-refractivity contribution in [3.05, 3.63) is 54.2 Å². The van der Waals surface area contributed by atoms with Crippen molar-refractivity contribution in [2.45, 2.75) is 0 Å². The molecular weight excluding hydrogens is 308 g/mol. The zero-order valence-corrected chi connectivity index (χ0v) is 13.3. The molecule has 24 heavy (non-hydrogen) atoms. The lowest BCUT2D eigenvalue weighted by atomic mass is 10.2. The van der Waals surface area contributed by atoms with Gasteiger partial charge in [-0.25, -0.2) is 4.79 Å². The van der Waals surface area contributed by atoms with Gasteiger partial charge >= 0.3 is 6.09 Å². The number of anilines is 1. The third kappa shape index (κ3) is 2.81. The van der Waals surface area contributed by atoms with Crippen LogP contribution in [-0.4, -0.2) is 31.5 Å². The van der Waals surface area contributed by atoms with E-state index >= 15 is 0 Å².